The topological polar surface area (TPSA) is 75.7 Å². The molecule has 0 N–H and O–H groups in total. The highest BCUT2D eigenvalue weighted by Crippen LogP contribution is 2.39. The lowest BCUT2D eigenvalue weighted by molar-refractivity contribution is -0.886. The molecular weight excluding hydrogens is 250 g/mol. The number of rotatable bonds is 3. The molecule has 0 aromatic heterocycles. The molecule has 6 heteroatoms. The van der Waals surface area contributed by atoms with Crippen LogP contribution < -0.4 is 5.11 Å². The van der Waals surface area contributed by atoms with Gasteiger partial charge >= 0.3 is 11.9 Å². The van der Waals surface area contributed by atoms with E-state index in [0.29, 0.717) is 25.9 Å². The van der Waals surface area contributed by atoms with Crippen LogP contribution in [-0.2, 0) is 19.1 Å². The summed E-state index contributed by atoms with van der Waals surface area (Å²) in [6, 6.07) is -0.448. The van der Waals surface area contributed by atoms with E-state index in [1.165, 1.54) is 7.11 Å². The highest BCUT2D eigenvalue weighted by molar-refractivity contribution is 5.88. The summed E-state index contributed by atoms with van der Waals surface area (Å²) in [4.78, 5) is 23.9. The summed E-state index contributed by atoms with van der Waals surface area (Å²) in [6.07, 6.45) is 1.74. The molecule has 106 valence electrons. The van der Waals surface area contributed by atoms with Gasteiger partial charge in [-0.15, -0.1) is 0 Å². The van der Waals surface area contributed by atoms with Gasteiger partial charge in [0, 0.05) is 19.3 Å². The van der Waals surface area contributed by atoms with Crippen molar-refractivity contribution in [1.29, 1.82) is 0 Å². The third-order valence-corrected chi connectivity index (χ3v) is 4.02. The highest BCUT2D eigenvalue weighted by Gasteiger charge is 2.54. The first-order valence-electron chi connectivity index (χ1n) is 6.59. The number of quaternary nitrogens is 1. The molecular formula is C13H19NO5. The maximum absolute atomic E-state index is 12.0. The molecule has 2 rings (SSSR count). The van der Waals surface area contributed by atoms with E-state index in [4.69, 9.17) is 9.47 Å². The maximum Gasteiger partial charge on any atom is 0.391 e. The molecule has 0 radical (unpaired) electrons. The van der Waals surface area contributed by atoms with Gasteiger partial charge in [0.1, 0.15) is 0 Å². The number of esters is 2. The Morgan fingerprint density at radius 3 is 2.79 bits per heavy atom. The number of nitrogens with zero attached hydrogens (tertiary/aromatic N) is 1. The molecule has 1 saturated heterocycles. The number of methoxy groups -OCH3 is 1. The summed E-state index contributed by atoms with van der Waals surface area (Å²) >= 11 is 0. The van der Waals surface area contributed by atoms with E-state index < -0.39 is 12.0 Å². The van der Waals surface area contributed by atoms with Crippen LogP contribution in [0.1, 0.15) is 26.2 Å². The van der Waals surface area contributed by atoms with E-state index in [1.807, 2.05) is 0 Å². The predicted molar refractivity (Wildman–Crippen MR) is 63.3 cm³/mol. The fourth-order valence-corrected chi connectivity index (χ4v) is 3.24. The fraction of sp³-hybridized carbons (Fsp3) is 0.692. The van der Waals surface area contributed by atoms with Crippen LogP contribution in [0.3, 0.4) is 0 Å². The van der Waals surface area contributed by atoms with Gasteiger partial charge in [-0.05, 0) is 6.92 Å². The summed E-state index contributed by atoms with van der Waals surface area (Å²) in [6.45, 7) is 3.04. The second-order valence-corrected chi connectivity index (χ2v) is 4.90. The molecule has 0 aromatic carbocycles. The van der Waals surface area contributed by atoms with Crippen molar-refractivity contribution in [1.82, 2.24) is 0 Å². The van der Waals surface area contributed by atoms with Crippen molar-refractivity contribution in [2.75, 3.05) is 26.8 Å². The highest BCUT2D eigenvalue weighted by atomic mass is 16.5. The zero-order valence-corrected chi connectivity index (χ0v) is 11.3. The van der Waals surface area contributed by atoms with Gasteiger partial charge < -0.3 is 14.6 Å². The predicted octanol–water partition coefficient (Wildman–Crippen LogP) is -0.323. The summed E-state index contributed by atoms with van der Waals surface area (Å²) in [5, 5.41) is 12.0. The lowest BCUT2D eigenvalue weighted by Gasteiger charge is -2.35. The lowest BCUT2D eigenvalue weighted by Crippen LogP contribution is -2.54. The van der Waals surface area contributed by atoms with Crippen LogP contribution in [-0.4, -0.2) is 49.3 Å². The van der Waals surface area contributed by atoms with Crippen LogP contribution >= 0.6 is 0 Å². The van der Waals surface area contributed by atoms with Gasteiger partial charge in [-0.1, -0.05) is 5.76 Å². The number of ether oxygens (including phenoxy) is 2. The summed E-state index contributed by atoms with van der Waals surface area (Å²) < 4.78 is 9.92. The molecule has 2 heterocycles. The van der Waals surface area contributed by atoms with E-state index >= 15 is 0 Å². The summed E-state index contributed by atoms with van der Waals surface area (Å²) in [5.41, 5.74) is 0.134. The van der Waals surface area contributed by atoms with E-state index in [9.17, 15) is 14.7 Å². The van der Waals surface area contributed by atoms with Crippen LogP contribution in [0.5, 0.6) is 0 Å². The van der Waals surface area contributed by atoms with Gasteiger partial charge in [0.15, 0.2) is 6.04 Å². The van der Waals surface area contributed by atoms with Crippen molar-refractivity contribution in [2.45, 2.75) is 32.2 Å². The Balaban J connectivity index is 2.36. The second-order valence-electron chi connectivity index (χ2n) is 4.90. The smallest absolute Gasteiger partial charge is 0.391 e. The van der Waals surface area contributed by atoms with Crippen LogP contribution in [0.25, 0.3) is 0 Å². The average Bonchev–Trinajstić information content (AvgIpc) is 2.94. The second kappa shape index (κ2) is 5.21. The first-order chi connectivity index (χ1) is 9.06. The quantitative estimate of drug-likeness (QED) is 0.518. The molecule has 0 saturated carbocycles. The Morgan fingerprint density at radius 1 is 1.42 bits per heavy atom. The van der Waals surface area contributed by atoms with Crippen molar-refractivity contribution in [3.05, 3.63) is 11.5 Å². The molecule has 0 bridgehead atoms. The SMILES string of the molecule is CCOC(=O)C1=C([O-])CC[N@@+]12CCC[C@H]2C(=O)OC. The van der Waals surface area contributed by atoms with Crippen molar-refractivity contribution in [3.8, 4) is 0 Å². The third-order valence-electron chi connectivity index (χ3n) is 4.02. The third kappa shape index (κ3) is 2.10. The number of carbonyl (C=O) groups is 2. The van der Waals surface area contributed by atoms with Crippen LogP contribution in [0, 0.1) is 0 Å². The zero-order valence-electron chi connectivity index (χ0n) is 11.3. The van der Waals surface area contributed by atoms with Gasteiger partial charge in [0.25, 0.3) is 0 Å². The largest absolute Gasteiger partial charge is 0.871 e. The van der Waals surface area contributed by atoms with Gasteiger partial charge in [0.2, 0.25) is 5.70 Å². The molecule has 1 fully saturated rings. The molecule has 0 aliphatic carbocycles. The monoisotopic (exact) mass is 269 g/mol. The van der Waals surface area contributed by atoms with Crippen LogP contribution in [0.2, 0.25) is 0 Å². The molecule has 6 nitrogen and oxygen atoms in total. The number of hydrogen-bond acceptors (Lipinski definition) is 5. The van der Waals surface area contributed by atoms with Crippen molar-refractivity contribution < 1.29 is 28.7 Å². The average molecular weight is 269 g/mol. The molecule has 2 aliphatic heterocycles. The van der Waals surface area contributed by atoms with Crippen LogP contribution in [0.4, 0.5) is 0 Å². The first-order valence-corrected chi connectivity index (χ1v) is 6.59. The lowest BCUT2D eigenvalue weighted by atomic mass is 10.2. The minimum Gasteiger partial charge on any atom is -0.871 e. The van der Waals surface area contributed by atoms with E-state index in [0.717, 1.165) is 6.42 Å². The Bertz CT molecular complexity index is 431. The Kier molecular flexibility index (Phi) is 3.80. The first kappa shape index (κ1) is 13.9. The molecule has 2 atom stereocenters. The van der Waals surface area contributed by atoms with E-state index in [2.05, 4.69) is 0 Å². The zero-order chi connectivity index (χ0) is 14.0. The maximum atomic E-state index is 12.0. The Labute approximate surface area is 112 Å². The molecule has 19 heavy (non-hydrogen) atoms. The molecule has 1 spiro atoms. The normalized spacial score (nSPS) is 29.9. The van der Waals surface area contributed by atoms with Gasteiger partial charge in [-0.25, -0.2) is 9.59 Å². The Morgan fingerprint density at radius 2 is 2.16 bits per heavy atom. The molecule has 0 amide bonds. The molecule has 0 unspecified atom stereocenters. The van der Waals surface area contributed by atoms with E-state index in [1.54, 1.807) is 6.92 Å². The van der Waals surface area contributed by atoms with Crippen molar-refractivity contribution in [3.63, 3.8) is 0 Å². The van der Waals surface area contributed by atoms with Crippen LogP contribution in [0.15, 0.2) is 11.5 Å². The number of hydrogen-bond donors (Lipinski definition) is 0. The van der Waals surface area contributed by atoms with E-state index in [-0.39, 0.29) is 28.5 Å². The molecule has 2 aliphatic rings. The van der Waals surface area contributed by atoms with Crippen molar-refractivity contribution in [2.24, 2.45) is 0 Å². The molecule has 0 aromatic rings. The van der Waals surface area contributed by atoms with Gasteiger partial charge in [0.05, 0.1) is 26.8 Å². The minimum absolute atomic E-state index is 0.129. The standard InChI is InChI=1S/C13H19NO5/c1-3-19-13(17)11-10(15)6-8-14(11)7-4-5-9(14)12(16)18-2/h9H,3-8H2,1-2H3/t9-,14+/m0/s1. The van der Waals surface area contributed by atoms with Gasteiger partial charge in [-0.3, -0.25) is 4.48 Å². The summed E-state index contributed by atoms with van der Waals surface area (Å²) in [5.74, 6) is -1.14. The van der Waals surface area contributed by atoms with Gasteiger partial charge in [-0.2, -0.15) is 0 Å². The summed E-state index contributed by atoms with van der Waals surface area (Å²) in [7, 11) is 1.33. The van der Waals surface area contributed by atoms with Crippen molar-refractivity contribution >= 4 is 11.9 Å². The number of carbonyl (C=O) groups excluding carboxylic acids is 2. The fourth-order valence-electron chi connectivity index (χ4n) is 3.24. The minimum atomic E-state index is -0.583. The Hall–Kier alpha value is -1.56.